The fourth-order valence-electron chi connectivity index (χ4n) is 1.88. The first-order valence-electron chi connectivity index (χ1n) is 5.77. The number of hydrogen-bond acceptors (Lipinski definition) is 3. The van der Waals surface area contributed by atoms with Crippen molar-refractivity contribution in [2.24, 2.45) is 0 Å². The van der Waals surface area contributed by atoms with Crippen molar-refractivity contribution in [3.05, 3.63) is 52.4 Å². The molecule has 18 heavy (non-hydrogen) atoms. The van der Waals surface area contributed by atoms with Crippen molar-refractivity contribution >= 4 is 15.9 Å². The highest BCUT2D eigenvalue weighted by atomic mass is 79.9. The summed E-state index contributed by atoms with van der Waals surface area (Å²) < 4.78 is 11.6. The van der Waals surface area contributed by atoms with Crippen LogP contribution < -0.4 is 10.1 Å². The van der Waals surface area contributed by atoms with Crippen LogP contribution >= 0.6 is 15.9 Å². The fraction of sp³-hybridized carbons (Fsp3) is 0.286. The molecule has 2 aromatic rings. The van der Waals surface area contributed by atoms with E-state index >= 15 is 0 Å². The van der Waals surface area contributed by atoms with Gasteiger partial charge in [0.25, 0.3) is 0 Å². The smallest absolute Gasteiger partial charge is 0.135 e. The zero-order chi connectivity index (χ0) is 13.0. The fourth-order valence-corrected chi connectivity index (χ4v) is 2.35. The number of hydrogen-bond donors (Lipinski definition) is 1. The van der Waals surface area contributed by atoms with Crippen LogP contribution in [0.4, 0.5) is 0 Å². The van der Waals surface area contributed by atoms with E-state index in [9.17, 15) is 0 Å². The highest BCUT2D eigenvalue weighted by Crippen LogP contribution is 2.27. The first kappa shape index (κ1) is 13.2. The average molecular weight is 310 g/mol. The Morgan fingerprint density at radius 2 is 2.00 bits per heavy atom. The third kappa shape index (κ3) is 2.94. The molecule has 0 saturated heterocycles. The molecule has 0 spiro atoms. The van der Waals surface area contributed by atoms with Gasteiger partial charge >= 0.3 is 0 Å². The Kier molecular flexibility index (Phi) is 4.44. The minimum atomic E-state index is 0.155. The number of benzene rings is 1. The molecule has 0 fully saturated rings. The zero-order valence-corrected chi connectivity index (χ0v) is 12.0. The summed E-state index contributed by atoms with van der Waals surface area (Å²) in [6.45, 7) is 0. The maximum Gasteiger partial charge on any atom is 0.135 e. The van der Waals surface area contributed by atoms with Crippen LogP contribution in [0.2, 0.25) is 0 Å². The van der Waals surface area contributed by atoms with Gasteiger partial charge < -0.3 is 14.5 Å². The maximum absolute atomic E-state index is 5.50. The van der Waals surface area contributed by atoms with E-state index in [-0.39, 0.29) is 6.04 Å². The summed E-state index contributed by atoms with van der Waals surface area (Å²) in [5, 5.41) is 3.27. The summed E-state index contributed by atoms with van der Waals surface area (Å²) in [7, 11) is 3.61. The monoisotopic (exact) mass is 309 g/mol. The number of methoxy groups -OCH3 is 1. The minimum Gasteiger partial charge on any atom is -0.497 e. The predicted molar refractivity (Wildman–Crippen MR) is 74.9 cm³/mol. The molecule has 2 rings (SSSR count). The van der Waals surface area contributed by atoms with Gasteiger partial charge in [0.2, 0.25) is 0 Å². The van der Waals surface area contributed by atoms with Crippen LogP contribution in [0.3, 0.4) is 0 Å². The Bertz CT molecular complexity index is 493. The van der Waals surface area contributed by atoms with Gasteiger partial charge in [-0.1, -0.05) is 12.1 Å². The van der Waals surface area contributed by atoms with Gasteiger partial charge in [-0.25, -0.2) is 0 Å². The normalized spacial score (nSPS) is 12.4. The lowest BCUT2D eigenvalue weighted by Gasteiger charge is -2.14. The Morgan fingerprint density at radius 3 is 2.50 bits per heavy atom. The van der Waals surface area contributed by atoms with E-state index in [0.717, 1.165) is 22.4 Å². The summed E-state index contributed by atoms with van der Waals surface area (Å²) in [6, 6.07) is 10.1. The first-order chi connectivity index (χ1) is 8.74. The predicted octanol–water partition coefficient (Wildman–Crippen LogP) is 3.55. The van der Waals surface area contributed by atoms with Crippen molar-refractivity contribution in [1.29, 1.82) is 0 Å². The first-order valence-corrected chi connectivity index (χ1v) is 6.57. The quantitative estimate of drug-likeness (QED) is 0.917. The molecule has 1 unspecified atom stereocenters. The molecular weight excluding hydrogens is 294 g/mol. The van der Waals surface area contributed by atoms with Crippen LogP contribution in [0, 0.1) is 0 Å². The lowest BCUT2D eigenvalue weighted by molar-refractivity contribution is 0.413. The van der Waals surface area contributed by atoms with Gasteiger partial charge in [0, 0.05) is 0 Å². The molecule has 0 bridgehead atoms. The van der Waals surface area contributed by atoms with E-state index in [0.29, 0.717) is 0 Å². The van der Waals surface area contributed by atoms with Gasteiger partial charge in [0.1, 0.15) is 11.5 Å². The Hall–Kier alpha value is -1.26. The van der Waals surface area contributed by atoms with Gasteiger partial charge in [-0.3, -0.25) is 0 Å². The van der Waals surface area contributed by atoms with Crippen LogP contribution in [0.25, 0.3) is 0 Å². The zero-order valence-electron chi connectivity index (χ0n) is 10.4. The van der Waals surface area contributed by atoms with Crippen LogP contribution in [0.5, 0.6) is 5.75 Å². The number of rotatable bonds is 5. The van der Waals surface area contributed by atoms with Crippen LogP contribution in [-0.2, 0) is 6.42 Å². The molecule has 1 heterocycles. The number of ether oxygens (including phenoxy) is 1. The van der Waals surface area contributed by atoms with Gasteiger partial charge in [0.15, 0.2) is 0 Å². The third-order valence-electron chi connectivity index (χ3n) is 2.91. The Morgan fingerprint density at radius 1 is 1.28 bits per heavy atom. The molecule has 0 aliphatic rings. The summed E-state index contributed by atoms with van der Waals surface area (Å²) >= 11 is 3.49. The summed E-state index contributed by atoms with van der Waals surface area (Å²) in [4.78, 5) is 0. The molecule has 4 heteroatoms. The molecule has 1 atom stereocenters. The molecule has 0 aliphatic heterocycles. The summed E-state index contributed by atoms with van der Waals surface area (Å²) in [5.74, 6) is 1.80. The van der Waals surface area contributed by atoms with Crippen molar-refractivity contribution in [2.45, 2.75) is 12.5 Å². The molecule has 1 aromatic carbocycles. The SMILES string of the molecule is CNC(Cc1ccc(OC)cc1)c1occc1Br. The Labute approximate surface area is 115 Å². The van der Waals surface area contributed by atoms with Crippen LogP contribution in [0.15, 0.2) is 45.5 Å². The molecule has 96 valence electrons. The van der Waals surface area contributed by atoms with Crippen molar-refractivity contribution < 1.29 is 9.15 Å². The molecule has 0 radical (unpaired) electrons. The number of nitrogens with one attached hydrogen (secondary N) is 1. The second-order valence-electron chi connectivity index (χ2n) is 4.03. The second-order valence-corrected chi connectivity index (χ2v) is 4.88. The molecule has 1 aromatic heterocycles. The van der Waals surface area contributed by atoms with Gasteiger partial charge in [0.05, 0.1) is 23.9 Å². The van der Waals surface area contributed by atoms with E-state index in [1.54, 1.807) is 13.4 Å². The summed E-state index contributed by atoms with van der Waals surface area (Å²) in [6.07, 6.45) is 2.56. The van der Waals surface area contributed by atoms with E-state index in [1.807, 2.05) is 25.2 Å². The van der Waals surface area contributed by atoms with Crippen LogP contribution in [-0.4, -0.2) is 14.2 Å². The minimum absolute atomic E-state index is 0.155. The van der Waals surface area contributed by atoms with Crippen molar-refractivity contribution in [3.8, 4) is 5.75 Å². The topological polar surface area (TPSA) is 34.4 Å². The van der Waals surface area contributed by atoms with Gasteiger partial charge in [-0.15, -0.1) is 0 Å². The molecule has 0 saturated carbocycles. The largest absolute Gasteiger partial charge is 0.497 e. The number of furan rings is 1. The van der Waals surface area contributed by atoms with E-state index in [2.05, 4.69) is 33.4 Å². The maximum atomic E-state index is 5.50. The van der Waals surface area contributed by atoms with E-state index < -0.39 is 0 Å². The van der Waals surface area contributed by atoms with Crippen molar-refractivity contribution in [3.63, 3.8) is 0 Å². The van der Waals surface area contributed by atoms with Gasteiger partial charge in [-0.2, -0.15) is 0 Å². The lowest BCUT2D eigenvalue weighted by atomic mass is 10.0. The standard InChI is InChI=1S/C14H16BrNO2/c1-16-13(14-12(15)7-8-18-14)9-10-3-5-11(17-2)6-4-10/h3-8,13,16H,9H2,1-2H3. The number of halogens is 1. The average Bonchev–Trinajstić information content (AvgIpc) is 2.83. The third-order valence-corrected chi connectivity index (χ3v) is 3.56. The highest BCUT2D eigenvalue weighted by Gasteiger charge is 2.16. The van der Waals surface area contributed by atoms with E-state index in [4.69, 9.17) is 9.15 Å². The molecule has 1 N–H and O–H groups in total. The Balaban J connectivity index is 2.13. The molecule has 3 nitrogen and oxygen atoms in total. The summed E-state index contributed by atoms with van der Waals surface area (Å²) in [5.41, 5.74) is 1.23. The highest BCUT2D eigenvalue weighted by molar-refractivity contribution is 9.10. The molecule has 0 amide bonds. The molecule has 0 aliphatic carbocycles. The van der Waals surface area contributed by atoms with E-state index in [1.165, 1.54) is 5.56 Å². The number of likely N-dealkylation sites (N-methyl/N-ethyl adjacent to an activating group) is 1. The van der Waals surface area contributed by atoms with Crippen molar-refractivity contribution in [1.82, 2.24) is 5.32 Å². The second kappa shape index (κ2) is 6.07. The van der Waals surface area contributed by atoms with Crippen molar-refractivity contribution in [2.75, 3.05) is 14.2 Å². The van der Waals surface area contributed by atoms with Gasteiger partial charge in [-0.05, 0) is 53.2 Å². The van der Waals surface area contributed by atoms with Crippen LogP contribution in [0.1, 0.15) is 17.4 Å². The lowest BCUT2D eigenvalue weighted by Crippen LogP contribution is -2.18. The molecular formula is C14H16BrNO2.